The molecule has 0 amide bonds. The minimum absolute atomic E-state index is 0.196. The van der Waals surface area contributed by atoms with E-state index in [1.807, 2.05) is 54.7 Å². The Labute approximate surface area is 204 Å². The van der Waals surface area contributed by atoms with E-state index in [4.69, 9.17) is 5.26 Å². The summed E-state index contributed by atoms with van der Waals surface area (Å²) < 4.78 is 28.9. The average Bonchev–Trinajstić information content (AvgIpc) is 2.89. The predicted molar refractivity (Wildman–Crippen MR) is 136 cm³/mol. The molecule has 3 aromatic carbocycles. The van der Waals surface area contributed by atoms with Gasteiger partial charge in [-0.2, -0.15) is 5.26 Å². The third kappa shape index (κ3) is 6.22. The van der Waals surface area contributed by atoms with E-state index in [0.29, 0.717) is 23.5 Å². The molecule has 0 bridgehead atoms. The smallest absolute Gasteiger partial charge is 0.262 e. The number of benzene rings is 3. The predicted octanol–water partition coefficient (Wildman–Crippen LogP) is 4.70. The Bertz CT molecular complexity index is 1430. The summed E-state index contributed by atoms with van der Waals surface area (Å²) in [7, 11) is -3.82. The molecule has 0 radical (unpaired) electrons. The molecule has 4 aromatic rings. The molecule has 8 nitrogen and oxygen atoms in total. The van der Waals surface area contributed by atoms with E-state index < -0.39 is 10.0 Å². The van der Waals surface area contributed by atoms with E-state index in [2.05, 4.69) is 20.1 Å². The number of hydrogen-bond donors (Lipinski definition) is 2. The first kappa shape index (κ1) is 23.5. The number of sulfonamides is 1. The summed E-state index contributed by atoms with van der Waals surface area (Å²) in [5.74, 6) is 0. The van der Waals surface area contributed by atoms with Crippen LogP contribution in [0, 0.1) is 11.5 Å². The lowest BCUT2D eigenvalue weighted by Gasteiger charge is -2.16. The maximum Gasteiger partial charge on any atom is 0.262 e. The van der Waals surface area contributed by atoms with Gasteiger partial charge in [-0.25, -0.2) is 18.8 Å². The van der Waals surface area contributed by atoms with Crippen LogP contribution in [0.3, 0.4) is 0 Å². The second-order valence-electron chi connectivity index (χ2n) is 7.47. The molecule has 0 aliphatic carbocycles. The standard InChI is InChI=1S/C26H22N6O2S/c27-19-30-32(18-21-7-6-16-28-17-21)20-29-23-12-14-24(15-13-23)31-35(33,34)26-11-5-4-10-25(26)22-8-2-1-3-9-22/h1-17,20,30-31H,18H2. The van der Waals surface area contributed by atoms with Crippen molar-refractivity contribution in [1.29, 1.82) is 5.26 Å². The molecule has 9 heteroatoms. The summed E-state index contributed by atoms with van der Waals surface area (Å²) in [6.45, 7) is 0.392. The fourth-order valence-corrected chi connectivity index (χ4v) is 4.67. The third-order valence-electron chi connectivity index (χ3n) is 5.00. The summed E-state index contributed by atoms with van der Waals surface area (Å²) in [6, 6.07) is 26.6. The molecule has 35 heavy (non-hydrogen) atoms. The van der Waals surface area contributed by atoms with Crippen LogP contribution in [0.2, 0.25) is 0 Å². The molecule has 0 aliphatic heterocycles. The monoisotopic (exact) mass is 482 g/mol. The number of aliphatic imine (C=N–C) groups is 1. The Morgan fingerprint density at radius 2 is 1.69 bits per heavy atom. The van der Waals surface area contributed by atoms with Gasteiger partial charge in [-0.15, -0.1) is 0 Å². The number of anilines is 1. The van der Waals surface area contributed by atoms with Gasteiger partial charge in [0.15, 0.2) is 6.19 Å². The highest BCUT2D eigenvalue weighted by molar-refractivity contribution is 7.92. The number of aromatic nitrogens is 1. The summed E-state index contributed by atoms with van der Waals surface area (Å²) in [4.78, 5) is 8.62. The van der Waals surface area contributed by atoms with Crippen molar-refractivity contribution >= 4 is 27.7 Å². The molecular formula is C26H22N6O2S. The van der Waals surface area contributed by atoms with Crippen LogP contribution in [0.15, 0.2) is 113 Å². The maximum absolute atomic E-state index is 13.1. The SMILES string of the molecule is N#CNN(C=Nc1ccc(NS(=O)(=O)c2ccccc2-c2ccccc2)cc1)Cc1cccnc1. The molecule has 0 fully saturated rings. The van der Waals surface area contributed by atoms with E-state index >= 15 is 0 Å². The summed E-state index contributed by atoms with van der Waals surface area (Å²) in [5, 5.41) is 10.5. The van der Waals surface area contributed by atoms with Crippen molar-refractivity contribution in [1.82, 2.24) is 15.4 Å². The van der Waals surface area contributed by atoms with Crippen molar-refractivity contribution in [3.05, 3.63) is 109 Å². The fraction of sp³-hybridized carbons (Fsp3) is 0.0385. The van der Waals surface area contributed by atoms with Gasteiger partial charge >= 0.3 is 0 Å². The lowest BCUT2D eigenvalue weighted by atomic mass is 10.1. The van der Waals surface area contributed by atoms with Crippen LogP contribution < -0.4 is 10.1 Å². The zero-order valence-electron chi connectivity index (χ0n) is 18.6. The molecule has 0 saturated carbocycles. The van der Waals surface area contributed by atoms with Crippen molar-refractivity contribution in [2.45, 2.75) is 11.4 Å². The van der Waals surface area contributed by atoms with Crippen LogP contribution in [0.5, 0.6) is 0 Å². The van der Waals surface area contributed by atoms with Crippen LogP contribution in [-0.4, -0.2) is 24.7 Å². The Morgan fingerprint density at radius 3 is 2.40 bits per heavy atom. The minimum atomic E-state index is -3.82. The van der Waals surface area contributed by atoms with E-state index in [1.165, 1.54) is 11.3 Å². The number of nitrogens with one attached hydrogen (secondary N) is 2. The van der Waals surface area contributed by atoms with Gasteiger partial charge in [0.05, 0.1) is 17.1 Å². The molecule has 174 valence electrons. The zero-order valence-corrected chi connectivity index (χ0v) is 19.4. The highest BCUT2D eigenvalue weighted by atomic mass is 32.2. The van der Waals surface area contributed by atoms with Crippen LogP contribution in [0.25, 0.3) is 11.1 Å². The second-order valence-corrected chi connectivity index (χ2v) is 9.12. The molecule has 1 aromatic heterocycles. The Hall–Kier alpha value is -4.68. The highest BCUT2D eigenvalue weighted by Gasteiger charge is 2.19. The van der Waals surface area contributed by atoms with Crippen molar-refractivity contribution < 1.29 is 8.42 Å². The van der Waals surface area contributed by atoms with E-state index in [9.17, 15) is 8.42 Å². The Balaban J connectivity index is 1.48. The van der Waals surface area contributed by atoms with Gasteiger partial charge in [-0.1, -0.05) is 54.6 Å². The molecule has 1 heterocycles. The maximum atomic E-state index is 13.1. The van der Waals surface area contributed by atoms with Crippen LogP contribution in [0.4, 0.5) is 11.4 Å². The van der Waals surface area contributed by atoms with E-state index in [1.54, 1.807) is 54.9 Å². The largest absolute Gasteiger partial charge is 0.280 e. The number of rotatable bonds is 9. The van der Waals surface area contributed by atoms with Crippen LogP contribution >= 0.6 is 0 Å². The highest BCUT2D eigenvalue weighted by Crippen LogP contribution is 2.29. The molecule has 0 unspecified atom stereocenters. The number of hydrazine groups is 1. The number of nitrogens with zero attached hydrogens (tertiary/aromatic N) is 4. The first-order chi connectivity index (χ1) is 17.0. The van der Waals surface area contributed by atoms with Gasteiger partial charge in [0, 0.05) is 23.6 Å². The zero-order chi connectivity index (χ0) is 24.5. The van der Waals surface area contributed by atoms with Gasteiger partial charge in [0.2, 0.25) is 0 Å². The van der Waals surface area contributed by atoms with Gasteiger partial charge < -0.3 is 0 Å². The van der Waals surface area contributed by atoms with Gasteiger partial charge in [-0.3, -0.25) is 14.7 Å². The van der Waals surface area contributed by atoms with Gasteiger partial charge in [0.1, 0.15) is 6.34 Å². The molecule has 2 N–H and O–H groups in total. The summed E-state index contributed by atoms with van der Waals surface area (Å²) >= 11 is 0. The fourth-order valence-electron chi connectivity index (χ4n) is 3.38. The van der Waals surface area contributed by atoms with Gasteiger partial charge in [-0.05, 0) is 47.5 Å². The quantitative estimate of drug-likeness (QED) is 0.118. The molecule has 0 spiro atoms. The minimum Gasteiger partial charge on any atom is -0.280 e. The van der Waals surface area contributed by atoms with Crippen molar-refractivity contribution in [2.75, 3.05) is 4.72 Å². The first-order valence-electron chi connectivity index (χ1n) is 10.7. The molecular weight excluding hydrogens is 460 g/mol. The van der Waals surface area contributed by atoms with Crippen molar-refractivity contribution in [3.8, 4) is 17.3 Å². The van der Waals surface area contributed by atoms with E-state index in [0.717, 1.165) is 11.1 Å². The molecule has 4 rings (SSSR count). The van der Waals surface area contributed by atoms with Crippen molar-refractivity contribution in [3.63, 3.8) is 0 Å². The second kappa shape index (κ2) is 11.0. The number of nitriles is 1. The topological polar surface area (TPSA) is 110 Å². The van der Waals surface area contributed by atoms with Crippen LogP contribution in [0.1, 0.15) is 5.56 Å². The van der Waals surface area contributed by atoms with E-state index in [-0.39, 0.29) is 4.90 Å². The first-order valence-corrected chi connectivity index (χ1v) is 12.2. The number of pyridine rings is 1. The third-order valence-corrected chi connectivity index (χ3v) is 6.44. The lowest BCUT2D eigenvalue weighted by Crippen LogP contribution is -2.32. The number of hydrogen-bond acceptors (Lipinski definition) is 6. The lowest BCUT2D eigenvalue weighted by molar-refractivity contribution is 0.369. The normalized spacial score (nSPS) is 11.1. The summed E-state index contributed by atoms with van der Waals surface area (Å²) in [5.41, 5.74) is 5.90. The van der Waals surface area contributed by atoms with Crippen molar-refractivity contribution in [2.24, 2.45) is 4.99 Å². The van der Waals surface area contributed by atoms with Crippen LogP contribution in [-0.2, 0) is 16.6 Å². The molecule has 0 aliphatic rings. The summed E-state index contributed by atoms with van der Waals surface area (Å²) in [6.07, 6.45) is 6.75. The average molecular weight is 483 g/mol. The molecule has 0 atom stereocenters. The van der Waals surface area contributed by atoms with Gasteiger partial charge in [0.25, 0.3) is 10.0 Å². The Kier molecular flexibility index (Phi) is 7.35. The Morgan fingerprint density at radius 1 is 0.943 bits per heavy atom. The molecule has 0 saturated heterocycles.